The second-order valence-electron chi connectivity index (χ2n) is 3.18. The van der Waals surface area contributed by atoms with Crippen molar-refractivity contribution in [3.63, 3.8) is 0 Å². The molecule has 0 aliphatic heterocycles. The normalized spacial score (nSPS) is 11.8. The zero-order valence-electron chi connectivity index (χ0n) is 7.16. The first-order chi connectivity index (χ1) is 4.00. The van der Waals surface area contributed by atoms with Crippen LogP contribution in [0.2, 0.25) is 0 Å². The Balaban J connectivity index is 0. The Bertz CT molecular complexity index is 127. The molecule has 0 radical (unpaired) electrons. The fourth-order valence-electron chi connectivity index (χ4n) is 0. The molecule has 0 heterocycles. The lowest BCUT2D eigenvalue weighted by atomic mass is 11.9. The summed E-state index contributed by atoms with van der Waals surface area (Å²) in [5, 5.41) is 0. The molecule has 0 aromatic heterocycles. The van der Waals surface area contributed by atoms with E-state index < -0.39 is 14.5 Å². The van der Waals surface area contributed by atoms with Crippen molar-refractivity contribution in [2.75, 3.05) is 33.3 Å². The lowest BCUT2D eigenvalue weighted by Gasteiger charge is -1.86. The zero-order chi connectivity index (χ0) is 9.00. The summed E-state index contributed by atoms with van der Waals surface area (Å²) in [6.07, 6.45) is 0. The predicted octanol–water partition coefficient (Wildman–Crippen LogP) is 1.76. The van der Waals surface area contributed by atoms with Gasteiger partial charge in [0.15, 0.2) is 7.37 Å². The summed E-state index contributed by atoms with van der Waals surface area (Å²) < 4.78 is 20.0. The van der Waals surface area contributed by atoms with Crippen LogP contribution in [0.15, 0.2) is 0 Å². The fourth-order valence-corrected chi connectivity index (χ4v) is 0. The number of rotatable bonds is 0. The van der Waals surface area contributed by atoms with E-state index >= 15 is 0 Å². The van der Waals surface area contributed by atoms with Gasteiger partial charge in [0, 0.05) is 13.3 Å². The van der Waals surface area contributed by atoms with Crippen molar-refractivity contribution in [1.29, 1.82) is 0 Å². The van der Waals surface area contributed by atoms with Gasteiger partial charge in [-0.1, -0.05) is 0 Å². The van der Waals surface area contributed by atoms with E-state index in [2.05, 4.69) is 0 Å². The van der Waals surface area contributed by atoms with Crippen molar-refractivity contribution < 1.29 is 14.0 Å². The Kier molecular flexibility index (Phi) is 5.65. The summed E-state index contributed by atoms with van der Waals surface area (Å²) in [4.78, 5) is 8.08. The van der Waals surface area contributed by atoms with E-state index in [4.69, 9.17) is 4.89 Å². The molecule has 1 N–H and O–H groups in total. The lowest BCUT2D eigenvalue weighted by molar-refractivity contribution is 0.492. The highest BCUT2D eigenvalue weighted by atomic mass is 31.2. The van der Waals surface area contributed by atoms with Crippen molar-refractivity contribution in [1.82, 2.24) is 0 Å². The minimum absolute atomic E-state index is 1.30. The van der Waals surface area contributed by atoms with Crippen LogP contribution in [-0.2, 0) is 9.13 Å². The van der Waals surface area contributed by atoms with E-state index in [9.17, 15) is 9.13 Å². The van der Waals surface area contributed by atoms with Crippen LogP contribution < -0.4 is 0 Å². The van der Waals surface area contributed by atoms with Crippen LogP contribution >= 0.6 is 14.5 Å². The molecule has 5 heteroatoms. The first-order valence-corrected chi connectivity index (χ1v) is 8.40. The van der Waals surface area contributed by atoms with Gasteiger partial charge in [-0.3, -0.25) is 4.57 Å². The highest BCUT2D eigenvalue weighted by Crippen LogP contribution is 2.28. The summed E-state index contributed by atoms with van der Waals surface area (Å²) in [6, 6.07) is 0. The zero-order valence-corrected chi connectivity index (χ0v) is 8.95. The van der Waals surface area contributed by atoms with Gasteiger partial charge in [-0.05, 0) is 20.0 Å². The highest BCUT2D eigenvalue weighted by Gasteiger charge is 1.92. The fraction of sp³-hybridized carbons (Fsp3) is 1.00. The van der Waals surface area contributed by atoms with Crippen molar-refractivity contribution in [2.45, 2.75) is 0 Å². The van der Waals surface area contributed by atoms with E-state index in [0.29, 0.717) is 0 Å². The van der Waals surface area contributed by atoms with Crippen LogP contribution in [-0.4, -0.2) is 38.2 Å². The summed E-state index contributed by atoms with van der Waals surface area (Å²) in [6.45, 7) is 7.83. The molecule has 0 atom stereocenters. The number of hydrogen-bond donors (Lipinski definition) is 1. The molecule has 0 aromatic carbocycles. The second-order valence-corrected chi connectivity index (χ2v) is 9.55. The minimum Gasteiger partial charge on any atom is -0.345 e. The van der Waals surface area contributed by atoms with E-state index in [1.807, 2.05) is 0 Å². The SMILES string of the molecule is CP(C)(=O)O.CP(C)(C)=O. The maximum atomic E-state index is 10.2. The van der Waals surface area contributed by atoms with Crippen molar-refractivity contribution in [2.24, 2.45) is 0 Å². The topological polar surface area (TPSA) is 54.4 Å². The van der Waals surface area contributed by atoms with E-state index in [-0.39, 0.29) is 0 Å². The van der Waals surface area contributed by atoms with Gasteiger partial charge in [0.25, 0.3) is 0 Å². The van der Waals surface area contributed by atoms with Crippen LogP contribution in [0.4, 0.5) is 0 Å². The summed E-state index contributed by atoms with van der Waals surface area (Å²) in [5.41, 5.74) is 0. The number of hydrogen-bond acceptors (Lipinski definition) is 2. The maximum Gasteiger partial charge on any atom is 0.194 e. The van der Waals surface area contributed by atoms with E-state index in [1.165, 1.54) is 13.3 Å². The summed E-state index contributed by atoms with van der Waals surface area (Å²) in [5.74, 6) is 0. The van der Waals surface area contributed by atoms with Crippen molar-refractivity contribution in [3.05, 3.63) is 0 Å². The Morgan fingerprint density at radius 3 is 0.900 bits per heavy atom. The average molecular weight is 186 g/mol. The quantitative estimate of drug-likeness (QED) is 0.586. The Labute approximate surface area is 62.7 Å². The molecule has 0 aromatic rings. The van der Waals surface area contributed by atoms with Gasteiger partial charge in [-0.25, -0.2) is 0 Å². The molecule has 0 spiro atoms. The molecule has 0 rings (SSSR count). The van der Waals surface area contributed by atoms with Crippen LogP contribution in [0.3, 0.4) is 0 Å². The van der Waals surface area contributed by atoms with Gasteiger partial charge >= 0.3 is 0 Å². The van der Waals surface area contributed by atoms with Gasteiger partial charge in [-0.2, -0.15) is 0 Å². The molecule has 10 heavy (non-hydrogen) atoms. The van der Waals surface area contributed by atoms with Gasteiger partial charge in [0.05, 0.1) is 7.14 Å². The van der Waals surface area contributed by atoms with E-state index in [0.717, 1.165) is 0 Å². The molecular formula is C5H16O3P2. The van der Waals surface area contributed by atoms with Gasteiger partial charge in [0.2, 0.25) is 0 Å². The molecule has 3 nitrogen and oxygen atoms in total. The van der Waals surface area contributed by atoms with Gasteiger partial charge in [0.1, 0.15) is 0 Å². The first-order valence-electron chi connectivity index (χ1n) is 2.80. The first kappa shape index (κ1) is 13.0. The third kappa shape index (κ3) is 2630. The maximum absolute atomic E-state index is 10.2. The smallest absolute Gasteiger partial charge is 0.194 e. The summed E-state index contributed by atoms with van der Waals surface area (Å²) in [7, 11) is -4.28. The summed E-state index contributed by atoms with van der Waals surface area (Å²) >= 11 is 0. The molecule has 0 fully saturated rings. The monoisotopic (exact) mass is 186 g/mol. The van der Waals surface area contributed by atoms with Gasteiger partial charge in [-0.15, -0.1) is 0 Å². The molecule has 0 saturated carbocycles. The van der Waals surface area contributed by atoms with Crippen molar-refractivity contribution in [3.8, 4) is 0 Å². The molecule has 0 amide bonds. The lowest BCUT2D eigenvalue weighted by Crippen LogP contribution is -1.62. The molecule has 0 aliphatic carbocycles. The largest absolute Gasteiger partial charge is 0.345 e. The van der Waals surface area contributed by atoms with Crippen LogP contribution in [0.1, 0.15) is 0 Å². The van der Waals surface area contributed by atoms with Crippen LogP contribution in [0.5, 0.6) is 0 Å². The Hall–Kier alpha value is 0.420. The molecule has 0 saturated heterocycles. The highest BCUT2D eigenvalue weighted by molar-refractivity contribution is 7.61. The third-order valence-corrected chi connectivity index (χ3v) is 0. The van der Waals surface area contributed by atoms with Crippen LogP contribution in [0.25, 0.3) is 0 Å². The molecule has 0 aliphatic rings. The Morgan fingerprint density at radius 2 is 0.900 bits per heavy atom. The van der Waals surface area contributed by atoms with E-state index in [1.54, 1.807) is 20.0 Å². The molecule has 64 valence electrons. The third-order valence-electron chi connectivity index (χ3n) is 0. The van der Waals surface area contributed by atoms with Crippen LogP contribution in [0, 0.1) is 0 Å². The molecule has 0 bridgehead atoms. The van der Waals surface area contributed by atoms with Crippen molar-refractivity contribution >= 4 is 14.5 Å². The molecule has 0 unspecified atom stereocenters. The standard InChI is InChI=1S/C3H9OP.C2H7O2P/c2*1-5(2,3)4/h1-3H3;1-2H3,(H,3,4). The second kappa shape index (κ2) is 4.33. The van der Waals surface area contributed by atoms with Gasteiger partial charge < -0.3 is 9.46 Å². The predicted molar refractivity (Wildman–Crippen MR) is 47.1 cm³/mol. The average Bonchev–Trinajstić information content (AvgIpc) is 1.12. The minimum atomic E-state index is -2.64. The Morgan fingerprint density at radius 1 is 0.900 bits per heavy atom. The molecular weight excluding hydrogens is 170 g/mol.